The normalized spacial score (nSPS) is 19.9. The topological polar surface area (TPSA) is 59.8 Å². The van der Waals surface area contributed by atoms with Crippen molar-refractivity contribution in [1.82, 2.24) is 14.8 Å². The van der Waals surface area contributed by atoms with Gasteiger partial charge in [0, 0.05) is 28.8 Å². The third-order valence-electron chi connectivity index (χ3n) is 5.64. The van der Waals surface area contributed by atoms with Crippen LogP contribution < -0.4 is 5.32 Å². The number of ketones is 1. The number of fused-ring (bicyclic) bond motifs is 1. The summed E-state index contributed by atoms with van der Waals surface area (Å²) in [5.74, 6) is 1.28. The van der Waals surface area contributed by atoms with Gasteiger partial charge in [-0.3, -0.25) is 4.79 Å². The predicted octanol–water partition coefficient (Wildman–Crippen LogP) is 5.91. The van der Waals surface area contributed by atoms with Gasteiger partial charge in [0.2, 0.25) is 5.95 Å². The van der Waals surface area contributed by atoms with E-state index in [0.29, 0.717) is 33.8 Å². The first-order chi connectivity index (χ1) is 14.3. The molecule has 0 saturated heterocycles. The quantitative estimate of drug-likeness (QED) is 0.539. The van der Waals surface area contributed by atoms with E-state index in [1.165, 1.54) is 0 Å². The number of nitrogens with zero attached hydrogens (tertiary/aromatic N) is 3. The van der Waals surface area contributed by atoms with E-state index in [0.717, 1.165) is 23.2 Å². The number of allylic oxidation sites excluding steroid dienone is 2. The number of aromatic nitrogens is 3. The molecule has 2 aliphatic rings. The average molecular weight is 439 g/mol. The minimum atomic E-state index is -0.476. The predicted molar refractivity (Wildman–Crippen MR) is 119 cm³/mol. The Labute approximate surface area is 184 Å². The van der Waals surface area contributed by atoms with Gasteiger partial charge in [-0.2, -0.15) is 4.98 Å². The zero-order valence-electron chi connectivity index (χ0n) is 16.6. The van der Waals surface area contributed by atoms with Crippen molar-refractivity contribution in [2.75, 3.05) is 5.32 Å². The molecule has 5 rings (SSSR count). The summed E-state index contributed by atoms with van der Waals surface area (Å²) in [6.45, 7) is 4.21. The number of rotatable bonds is 2. The minimum Gasteiger partial charge on any atom is -0.328 e. The molecule has 0 fully saturated rings. The highest BCUT2D eigenvalue weighted by atomic mass is 35.5. The smallest absolute Gasteiger partial charge is 0.226 e. The third-order valence-corrected chi connectivity index (χ3v) is 6.47. The SMILES string of the molecule is CC1(C)CC(=O)C2=C(C1)Nc1nc(-c3ccccc3)nn1C2c1cccc(Cl)c1Cl. The van der Waals surface area contributed by atoms with Crippen LogP contribution in [0.25, 0.3) is 11.4 Å². The van der Waals surface area contributed by atoms with Gasteiger partial charge in [-0.05, 0) is 17.9 Å². The number of benzene rings is 2. The summed E-state index contributed by atoms with van der Waals surface area (Å²) >= 11 is 12.9. The molecule has 1 aromatic heterocycles. The van der Waals surface area contributed by atoms with E-state index in [1.807, 2.05) is 42.5 Å². The van der Waals surface area contributed by atoms with Crippen LogP contribution in [0.1, 0.15) is 38.3 Å². The summed E-state index contributed by atoms with van der Waals surface area (Å²) in [6.07, 6.45) is 1.22. The fourth-order valence-corrected chi connectivity index (χ4v) is 4.75. The summed E-state index contributed by atoms with van der Waals surface area (Å²) in [4.78, 5) is 18.0. The molecule has 152 valence electrons. The number of hydrogen-bond acceptors (Lipinski definition) is 4. The highest BCUT2D eigenvalue weighted by molar-refractivity contribution is 6.42. The van der Waals surface area contributed by atoms with Crippen LogP contribution in [0.2, 0.25) is 10.0 Å². The van der Waals surface area contributed by atoms with E-state index in [9.17, 15) is 4.79 Å². The molecule has 1 aliphatic carbocycles. The zero-order valence-corrected chi connectivity index (χ0v) is 18.1. The van der Waals surface area contributed by atoms with Gasteiger partial charge in [0.05, 0.1) is 10.0 Å². The lowest BCUT2D eigenvalue weighted by molar-refractivity contribution is -0.118. The summed E-state index contributed by atoms with van der Waals surface area (Å²) in [6, 6.07) is 14.8. The first-order valence-electron chi connectivity index (χ1n) is 9.83. The van der Waals surface area contributed by atoms with Crippen molar-refractivity contribution in [2.45, 2.75) is 32.7 Å². The molecule has 0 radical (unpaired) electrons. The van der Waals surface area contributed by atoms with Crippen molar-refractivity contribution in [3.63, 3.8) is 0 Å². The van der Waals surface area contributed by atoms with Crippen molar-refractivity contribution < 1.29 is 4.79 Å². The molecule has 1 aliphatic heterocycles. The summed E-state index contributed by atoms with van der Waals surface area (Å²) in [7, 11) is 0. The number of carbonyl (C=O) groups is 1. The number of carbonyl (C=O) groups excluding carboxylic acids is 1. The lowest BCUT2D eigenvalue weighted by atomic mass is 9.73. The van der Waals surface area contributed by atoms with Crippen LogP contribution in [0.5, 0.6) is 0 Å². The van der Waals surface area contributed by atoms with Crippen LogP contribution in [0.15, 0.2) is 59.8 Å². The molecule has 1 unspecified atom stereocenters. The Morgan fingerprint density at radius 3 is 2.60 bits per heavy atom. The molecular formula is C23H20Cl2N4O. The van der Waals surface area contributed by atoms with Crippen LogP contribution in [-0.2, 0) is 4.79 Å². The lowest BCUT2D eigenvalue weighted by Gasteiger charge is -2.38. The Hall–Kier alpha value is -2.63. The van der Waals surface area contributed by atoms with Crippen LogP contribution >= 0.6 is 23.2 Å². The molecule has 0 bridgehead atoms. The van der Waals surface area contributed by atoms with Crippen molar-refractivity contribution in [3.05, 3.63) is 75.4 Å². The molecule has 7 heteroatoms. The van der Waals surface area contributed by atoms with E-state index in [2.05, 4.69) is 19.2 Å². The van der Waals surface area contributed by atoms with Crippen molar-refractivity contribution >= 4 is 34.9 Å². The van der Waals surface area contributed by atoms with Crippen LogP contribution in [0.4, 0.5) is 5.95 Å². The van der Waals surface area contributed by atoms with E-state index in [4.69, 9.17) is 33.3 Å². The van der Waals surface area contributed by atoms with Gasteiger partial charge >= 0.3 is 0 Å². The van der Waals surface area contributed by atoms with Gasteiger partial charge < -0.3 is 5.32 Å². The van der Waals surface area contributed by atoms with Gasteiger partial charge in [0.15, 0.2) is 11.6 Å². The van der Waals surface area contributed by atoms with Crippen LogP contribution in [0, 0.1) is 5.41 Å². The molecule has 0 spiro atoms. The second-order valence-corrected chi connectivity index (χ2v) is 9.36. The number of hydrogen-bond donors (Lipinski definition) is 1. The molecule has 2 aromatic carbocycles. The van der Waals surface area contributed by atoms with Crippen LogP contribution in [0.3, 0.4) is 0 Å². The Kier molecular flexibility index (Phi) is 4.49. The van der Waals surface area contributed by atoms with Crippen molar-refractivity contribution in [1.29, 1.82) is 0 Å². The van der Waals surface area contributed by atoms with Crippen molar-refractivity contribution in [3.8, 4) is 11.4 Å². The highest BCUT2D eigenvalue weighted by Crippen LogP contribution is 2.47. The Morgan fingerprint density at radius 1 is 1.07 bits per heavy atom. The van der Waals surface area contributed by atoms with Crippen molar-refractivity contribution in [2.24, 2.45) is 5.41 Å². The molecule has 1 N–H and O–H groups in total. The van der Waals surface area contributed by atoms with Gasteiger partial charge in [-0.15, -0.1) is 5.10 Å². The maximum absolute atomic E-state index is 13.3. The van der Waals surface area contributed by atoms with Gasteiger partial charge in [0.25, 0.3) is 0 Å². The van der Waals surface area contributed by atoms with Gasteiger partial charge in [0.1, 0.15) is 6.04 Å². The van der Waals surface area contributed by atoms with Gasteiger partial charge in [-0.25, -0.2) is 4.68 Å². The molecule has 30 heavy (non-hydrogen) atoms. The second kappa shape index (κ2) is 6.96. The van der Waals surface area contributed by atoms with E-state index in [-0.39, 0.29) is 11.2 Å². The zero-order chi connectivity index (χ0) is 21.0. The minimum absolute atomic E-state index is 0.0946. The maximum Gasteiger partial charge on any atom is 0.226 e. The molecular weight excluding hydrogens is 419 g/mol. The largest absolute Gasteiger partial charge is 0.328 e. The Bertz CT molecular complexity index is 1200. The monoisotopic (exact) mass is 438 g/mol. The van der Waals surface area contributed by atoms with Crippen LogP contribution in [-0.4, -0.2) is 20.5 Å². The average Bonchev–Trinajstić information content (AvgIpc) is 3.12. The number of anilines is 1. The number of Topliss-reactive ketones (excluding diaryl/α,β-unsaturated/α-hetero) is 1. The summed E-state index contributed by atoms with van der Waals surface area (Å²) < 4.78 is 1.76. The first-order valence-corrected chi connectivity index (χ1v) is 10.6. The second-order valence-electron chi connectivity index (χ2n) is 8.57. The Morgan fingerprint density at radius 2 is 1.83 bits per heavy atom. The lowest BCUT2D eigenvalue weighted by Crippen LogP contribution is -2.36. The van der Waals surface area contributed by atoms with E-state index >= 15 is 0 Å². The highest BCUT2D eigenvalue weighted by Gasteiger charge is 2.42. The number of nitrogens with one attached hydrogen (secondary N) is 1. The fraction of sp³-hybridized carbons (Fsp3) is 0.261. The van der Waals surface area contributed by atoms with E-state index < -0.39 is 6.04 Å². The molecule has 0 saturated carbocycles. The standard InChI is InChI=1S/C23H20Cl2N4O/c1-23(2)11-16-18(17(30)12-23)20(14-9-6-10-15(24)19(14)25)29-22(26-16)27-21(28-29)13-7-4-3-5-8-13/h3-10,20H,11-12H2,1-2H3,(H,26,27,28). The number of halogens is 2. The molecule has 5 nitrogen and oxygen atoms in total. The third kappa shape index (κ3) is 3.13. The summed E-state index contributed by atoms with van der Waals surface area (Å²) in [5, 5.41) is 9.02. The molecule has 2 heterocycles. The molecule has 0 amide bonds. The summed E-state index contributed by atoms with van der Waals surface area (Å²) in [5.41, 5.74) is 3.10. The molecule has 3 aromatic rings. The molecule has 1 atom stereocenters. The Balaban J connectivity index is 1.73. The fourth-order valence-electron chi connectivity index (χ4n) is 4.34. The van der Waals surface area contributed by atoms with Gasteiger partial charge in [-0.1, -0.05) is 79.5 Å². The van der Waals surface area contributed by atoms with E-state index in [1.54, 1.807) is 10.7 Å². The maximum atomic E-state index is 13.3. The first kappa shape index (κ1) is 19.3.